The highest BCUT2D eigenvalue weighted by molar-refractivity contribution is 9.10. The van der Waals surface area contributed by atoms with Crippen LogP contribution in [-0.2, 0) is 13.2 Å². The van der Waals surface area contributed by atoms with Crippen LogP contribution in [0.15, 0.2) is 4.60 Å². The van der Waals surface area contributed by atoms with Gasteiger partial charge in [0.05, 0.1) is 11.1 Å². The van der Waals surface area contributed by atoms with Gasteiger partial charge in [-0.3, -0.25) is 4.68 Å². The second-order valence-corrected chi connectivity index (χ2v) is 3.99. The van der Waals surface area contributed by atoms with Crippen LogP contribution in [-0.4, -0.2) is 19.7 Å². The summed E-state index contributed by atoms with van der Waals surface area (Å²) in [5.41, 5.74) is 0.741. The molecule has 0 fully saturated rings. The molecule has 2 aromatic heterocycles. The van der Waals surface area contributed by atoms with Gasteiger partial charge in [0.1, 0.15) is 4.60 Å². The molecule has 0 atom stereocenters. The third-order valence-corrected chi connectivity index (χ3v) is 2.64. The van der Waals surface area contributed by atoms with Crippen LogP contribution in [0.2, 0.25) is 0 Å². The number of halogens is 4. The summed E-state index contributed by atoms with van der Waals surface area (Å²) in [6.45, 7) is 1.68. The largest absolute Gasteiger partial charge is 0.451 e. The molecular weight excluding hydrogens is 289 g/mol. The maximum atomic E-state index is 12.5. The van der Waals surface area contributed by atoms with Crippen molar-refractivity contribution in [1.82, 2.24) is 19.7 Å². The van der Waals surface area contributed by atoms with E-state index in [1.165, 1.54) is 11.7 Å². The number of aryl methyl sites for hydroxylation is 2. The van der Waals surface area contributed by atoms with E-state index in [0.717, 1.165) is 0 Å². The second-order valence-electron chi connectivity index (χ2n) is 3.24. The Morgan fingerprint density at radius 3 is 2.44 bits per heavy atom. The van der Waals surface area contributed by atoms with Gasteiger partial charge in [-0.15, -0.1) is 0 Å². The van der Waals surface area contributed by atoms with E-state index in [9.17, 15) is 13.2 Å². The minimum Gasteiger partial charge on any atom is -0.250 e. The minimum atomic E-state index is -4.56. The quantitative estimate of drug-likeness (QED) is 0.701. The van der Waals surface area contributed by atoms with Crippen LogP contribution in [0.3, 0.4) is 0 Å². The van der Waals surface area contributed by atoms with E-state index in [4.69, 9.17) is 0 Å². The maximum Gasteiger partial charge on any atom is 0.451 e. The molecule has 0 aliphatic heterocycles. The van der Waals surface area contributed by atoms with Crippen molar-refractivity contribution >= 4 is 27.0 Å². The molecule has 4 nitrogen and oxygen atoms in total. The van der Waals surface area contributed by atoms with Gasteiger partial charge in [-0.1, -0.05) is 0 Å². The SMILES string of the molecule is Cc1nn(C)c2nc(C(F)(F)F)nc(Br)c12. The number of hydrogen-bond acceptors (Lipinski definition) is 3. The summed E-state index contributed by atoms with van der Waals surface area (Å²) in [4.78, 5) is 6.84. The van der Waals surface area contributed by atoms with Gasteiger partial charge in [-0.2, -0.15) is 18.3 Å². The average Bonchev–Trinajstić information content (AvgIpc) is 2.41. The lowest BCUT2D eigenvalue weighted by molar-refractivity contribution is -0.144. The minimum absolute atomic E-state index is 0.107. The van der Waals surface area contributed by atoms with Crippen LogP contribution >= 0.6 is 15.9 Å². The first-order valence-corrected chi connectivity index (χ1v) is 5.04. The lowest BCUT2D eigenvalue weighted by Gasteiger charge is -2.05. The highest BCUT2D eigenvalue weighted by atomic mass is 79.9. The predicted octanol–water partition coefficient (Wildman–Crippen LogP) is 2.45. The third-order valence-electron chi connectivity index (χ3n) is 2.07. The number of rotatable bonds is 0. The molecule has 0 saturated carbocycles. The molecule has 16 heavy (non-hydrogen) atoms. The Labute approximate surface area is 96.6 Å². The van der Waals surface area contributed by atoms with Gasteiger partial charge in [0.25, 0.3) is 0 Å². The van der Waals surface area contributed by atoms with Crippen molar-refractivity contribution in [2.45, 2.75) is 13.1 Å². The molecule has 0 spiro atoms. The molecule has 8 heteroatoms. The van der Waals surface area contributed by atoms with E-state index in [1.54, 1.807) is 6.92 Å². The number of fused-ring (bicyclic) bond motifs is 1. The molecular formula is C8H6BrF3N4. The Morgan fingerprint density at radius 1 is 1.25 bits per heavy atom. The maximum absolute atomic E-state index is 12.5. The van der Waals surface area contributed by atoms with Crippen LogP contribution < -0.4 is 0 Å². The Kier molecular flexibility index (Phi) is 2.41. The molecule has 2 heterocycles. The van der Waals surface area contributed by atoms with Gasteiger partial charge in [-0.05, 0) is 22.9 Å². The fourth-order valence-electron chi connectivity index (χ4n) is 1.42. The summed E-state index contributed by atoms with van der Waals surface area (Å²) < 4.78 is 38.8. The number of alkyl halides is 3. The van der Waals surface area contributed by atoms with Crippen molar-refractivity contribution in [3.8, 4) is 0 Å². The third kappa shape index (κ3) is 1.66. The summed E-state index contributed by atoms with van der Waals surface area (Å²) in [5.74, 6) is -1.17. The molecule has 86 valence electrons. The molecule has 2 aromatic rings. The Balaban J connectivity index is 2.82. The zero-order valence-corrected chi connectivity index (χ0v) is 9.89. The van der Waals surface area contributed by atoms with Crippen molar-refractivity contribution < 1.29 is 13.2 Å². The lowest BCUT2D eigenvalue weighted by Crippen LogP contribution is -2.12. The molecule has 0 radical (unpaired) electrons. The normalized spacial score (nSPS) is 12.4. The average molecular weight is 295 g/mol. The van der Waals surface area contributed by atoms with Gasteiger partial charge >= 0.3 is 6.18 Å². The predicted molar refractivity (Wildman–Crippen MR) is 53.7 cm³/mol. The van der Waals surface area contributed by atoms with E-state index in [1.807, 2.05) is 0 Å². The van der Waals surface area contributed by atoms with Gasteiger partial charge in [-0.25, -0.2) is 9.97 Å². The van der Waals surface area contributed by atoms with E-state index in [-0.39, 0.29) is 10.3 Å². The van der Waals surface area contributed by atoms with Crippen LogP contribution in [0.5, 0.6) is 0 Å². The molecule has 0 N–H and O–H groups in total. The fourth-order valence-corrected chi connectivity index (χ4v) is 2.05. The Hall–Kier alpha value is -1.18. The second kappa shape index (κ2) is 3.41. The van der Waals surface area contributed by atoms with E-state index in [0.29, 0.717) is 11.1 Å². The topological polar surface area (TPSA) is 43.6 Å². The van der Waals surface area contributed by atoms with Crippen LogP contribution in [0.25, 0.3) is 11.0 Å². The lowest BCUT2D eigenvalue weighted by atomic mass is 10.3. The molecule has 0 unspecified atom stereocenters. The van der Waals surface area contributed by atoms with Gasteiger partial charge in [0.15, 0.2) is 5.65 Å². The Bertz CT molecular complexity index is 560. The van der Waals surface area contributed by atoms with Crippen LogP contribution in [0.1, 0.15) is 11.5 Å². The Morgan fingerprint density at radius 2 is 1.88 bits per heavy atom. The van der Waals surface area contributed by atoms with Crippen molar-refractivity contribution in [2.24, 2.45) is 7.05 Å². The van der Waals surface area contributed by atoms with Crippen LogP contribution in [0.4, 0.5) is 13.2 Å². The smallest absolute Gasteiger partial charge is 0.250 e. The highest BCUT2D eigenvalue weighted by Crippen LogP contribution is 2.31. The molecule has 0 aliphatic rings. The van der Waals surface area contributed by atoms with E-state index in [2.05, 4.69) is 31.0 Å². The first-order valence-electron chi connectivity index (χ1n) is 4.24. The first kappa shape index (κ1) is 11.3. The molecule has 0 saturated heterocycles. The van der Waals surface area contributed by atoms with E-state index < -0.39 is 12.0 Å². The monoisotopic (exact) mass is 294 g/mol. The first-order chi connectivity index (χ1) is 7.30. The van der Waals surface area contributed by atoms with Crippen molar-refractivity contribution in [2.75, 3.05) is 0 Å². The van der Waals surface area contributed by atoms with Crippen molar-refractivity contribution in [3.05, 3.63) is 16.1 Å². The standard InChI is InChI=1S/C8H6BrF3N4/c1-3-4-5(9)13-7(8(10,11)12)14-6(4)16(2)15-3/h1-2H3. The van der Waals surface area contributed by atoms with Gasteiger partial charge in [0.2, 0.25) is 5.82 Å². The number of aromatic nitrogens is 4. The summed E-state index contributed by atoms with van der Waals surface area (Å²) >= 11 is 3.00. The zero-order valence-electron chi connectivity index (χ0n) is 8.30. The van der Waals surface area contributed by atoms with Crippen molar-refractivity contribution in [1.29, 1.82) is 0 Å². The molecule has 2 rings (SSSR count). The van der Waals surface area contributed by atoms with Gasteiger partial charge < -0.3 is 0 Å². The summed E-state index contributed by atoms with van der Waals surface area (Å²) in [7, 11) is 1.54. The molecule has 0 bridgehead atoms. The van der Waals surface area contributed by atoms with Crippen molar-refractivity contribution in [3.63, 3.8) is 0 Å². The van der Waals surface area contributed by atoms with Gasteiger partial charge in [0, 0.05) is 7.05 Å². The fraction of sp³-hybridized carbons (Fsp3) is 0.375. The molecule has 0 aliphatic carbocycles. The van der Waals surface area contributed by atoms with E-state index >= 15 is 0 Å². The number of hydrogen-bond donors (Lipinski definition) is 0. The van der Waals surface area contributed by atoms with Crippen LogP contribution in [0, 0.1) is 6.92 Å². The highest BCUT2D eigenvalue weighted by Gasteiger charge is 2.36. The summed E-state index contributed by atoms with van der Waals surface area (Å²) in [6.07, 6.45) is -4.56. The molecule has 0 amide bonds. The summed E-state index contributed by atoms with van der Waals surface area (Å²) in [6, 6.07) is 0. The number of nitrogens with zero attached hydrogens (tertiary/aromatic N) is 4. The zero-order chi connectivity index (χ0) is 12.1. The summed E-state index contributed by atoms with van der Waals surface area (Å²) in [5, 5.41) is 4.49. The molecule has 0 aromatic carbocycles.